The Morgan fingerprint density at radius 1 is 1.19 bits per heavy atom. The first-order chi connectivity index (χ1) is 17.2. The molecule has 11 nitrogen and oxygen atoms in total. The molecule has 2 saturated heterocycles. The molecule has 0 spiro atoms. The Hall–Kier alpha value is -3.08. The zero-order valence-electron chi connectivity index (χ0n) is 19.5. The highest BCUT2D eigenvalue weighted by molar-refractivity contribution is 8.00. The average Bonchev–Trinajstić information content (AvgIpc) is 3.38. The second kappa shape index (κ2) is 11.3. The molecule has 0 aromatic heterocycles. The van der Waals surface area contributed by atoms with Crippen LogP contribution in [0.4, 0.5) is 16.2 Å². The number of para-hydroxylation sites is 1. The van der Waals surface area contributed by atoms with Gasteiger partial charge in [-0.25, -0.2) is 14.2 Å². The van der Waals surface area contributed by atoms with Crippen LogP contribution in [-0.2, 0) is 18.9 Å². The first-order valence-electron chi connectivity index (χ1n) is 11.4. The number of thioether (sulfide) groups is 1. The smallest absolute Gasteiger partial charge is 0.413 e. The summed E-state index contributed by atoms with van der Waals surface area (Å²) >= 11 is 1.76. The van der Waals surface area contributed by atoms with Gasteiger partial charge in [-0.1, -0.05) is 29.3 Å². The van der Waals surface area contributed by atoms with E-state index in [2.05, 4.69) is 5.32 Å². The van der Waals surface area contributed by atoms with Crippen molar-refractivity contribution in [3.63, 3.8) is 0 Å². The van der Waals surface area contributed by atoms with Crippen LogP contribution < -0.4 is 14.7 Å². The van der Waals surface area contributed by atoms with Crippen molar-refractivity contribution < 1.29 is 33.2 Å². The molecule has 1 N–H and O–H groups in total. The van der Waals surface area contributed by atoms with Crippen LogP contribution in [0.1, 0.15) is 25.7 Å². The largest absolute Gasteiger partial charge is 0.423 e. The van der Waals surface area contributed by atoms with Gasteiger partial charge in [0.2, 0.25) is 0 Å². The minimum Gasteiger partial charge on any atom is -0.423 e. The third kappa shape index (κ3) is 6.37. The van der Waals surface area contributed by atoms with E-state index in [1.807, 2.05) is 0 Å². The van der Waals surface area contributed by atoms with Gasteiger partial charge in [0.05, 0.1) is 23.7 Å². The molecule has 2 heterocycles. The summed E-state index contributed by atoms with van der Waals surface area (Å²) in [6, 6.07) is 14.1. The van der Waals surface area contributed by atoms with Crippen molar-refractivity contribution in [3.8, 4) is 5.75 Å². The molecule has 192 valence electrons. The number of nitro benzene ring substituents is 1. The lowest BCUT2D eigenvalue weighted by Gasteiger charge is -2.27. The highest BCUT2D eigenvalue weighted by atomic mass is 32.2. The van der Waals surface area contributed by atoms with Crippen molar-refractivity contribution in [3.05, 3.63) is 64.7 Å². The molecule has 0 radical (unpaired) electrons. The topological polar surface area (TPSA) is 137 Å². The molecule has 2 aromatic carbocycles. The number of hydrogen-bond donors (Lipinski definition) is 1. The summed E-state index contributed by atoms with van der Waals surface area (Å²) in [6.07, 6.45) is 2.09. The fraction of sp³-hybridized carbons (Fsp3) is 0.391. The molecule has 1 unspecified atom stereocenters. The van der Waals surface area contributed by atoms with E-state index in [4.69, 9.17) is 14.1 Å². The quantitative estimate of drug-likeness (QED) is 0.106. The number of nitro groups is 1. The lowest BCUT2D eigenvalue weighted by atomic mass is 10.0. The molecule has 36 heavy (non-hydrogen) atoms. The number of amides is 2. The standard InChI is InChI=1S/C23H26N3O8PS/c1-35(31,33-18-7-3-2-4-8-18)34-32-21(27)10-6-5-9-20-22-19(15-36-20)24-23(28)25(22)16-11-13-17(14-12-16)26(29)30/h2-4,7-8,11-14,19-20,22H,5-6,9-10,15H2,1H3,(H,24,28)/t19-,20-,22-,35?/m1/s1. The Morgan fingerprint density at radius 3 is 2.61 bits per heavy atom. The number of anilines is 1. The summed E-state index contributed by atoms with van der Waals surface area (Å²) in [5.74, 6) is 0.471. The van der Waals surface area contributed by atoms with E-state index in [1.165, 1.54) is 18.8 Å². The van der Waals surface area contributed by atoms with Gasteiger partial charge in [0.25, 0.3) is 5.69 Å². The predicted octanol–water partition coefficient (Wildman–Crippen LogP) is 4.91. The van der Waals surface area contributed by atoms with E-state index in [0.29, 0.717) is 24.3 Å². The molecule has 0 aliphatic carbocycles. The second-order valence-electron chi connectivity index (χ2n) is 8.51. The van der Waals surface area contributed by atoms with Crippen LogP contribution in [0.3, 0.4) is 0 Å². The minimum absolute atomic E-state index is 0.00984. The van der Waals surface area contributed by atoms with Gasteiger partial charge in [-0.15, -0.1) is 0 Å². The number of nitrogens with zero attached hydrogens (tertiary/aromatic N) is 2. The van der Waals surface area contributed by atoms with Crippen molar-refractivity contribution >= 4 is 42.7 Å². The molecule has 2 fully saturated rings. The summed E-state index contributed by atoms with van der Waals surface area (Å²) in [4.78, 5) is 41.5. The summed E-state index contributed by atoms with van der Waals surface area (Å²) in [5.41, 5.74) is 0.578. The van der Waals surface area contributed by atoms with Crippen LogP contribution in [0.2, 0.25) is 0 Å². The molecule has 0 saturated carbocycles. The van der Waals surface area contributed by atoms with Crippen LogP contribution in [0.5, 0.6) is 5.75 Å². The van der Waals surface area contributed by atoms with E-state index in [9.17, 15) is 24.3 Å². The lowest BCUT2D eigenvalue weighted by Crippen LogP contribution is -2.41. The predicted molar refractivity (Wildman–Crippen MR) is 134 cm³/mol. The molecule has 0 bridgehead atoms. The molecule has 2 aliphatic rings. The third-order valence-electron chi connectivity index (χ3n) is 5.85. The van der Waals surface area contributed by atoms with E-state index in [1.54, 1.807) is 59.1 Å². The van der Waals surface area contributed by atoms with Gasteiger partial charge < -0.3 is 9.84 Å². The normalized spacial score (nSPS) is 22.4. The monoisotopic (exact) mass is 535 g/mol. The maximum absolute atomic E-state index is 12.6. The highest BCUT2D eigenvalue weighted by Gasteiger charge is 2.48. The van der Waals surface area contributed by atoms with Gasteiger partial charge in [0, 0.05) is 35.2 Å². The van der Waals surface area contributed by atoms with Crippen LogP contribution in [0.25, 0.3) is 0 Å². The number of fused-ring (bicyclic) bond motifs is 1. The number of nitrogens with one attached hydrogen (secondary N) is 1. The zero-order valence-corrected chi connectivity index (χ0v) is 21.2. The van der Waals surface area contributed by atoms with Gasteiger partial charge in [0.1, 0.15) is 5.75 Å². The number of benzene rings is 2. The van der Waals surface area contributed by atoms with Gasteiger partial charge in [-0.3, -0.25) is 19.9 Å². The number of non-ortho nitro benzene ring substituents is 1. The second-order valence-corrected chi connectivity index (χ2v) is 11.7. The van der Waals surface area contributed by atoms with Crippen LogP contribution >= 0.6 is 19.4 Å². The molecule has 13 heteroatoms. The SMILES string of the molecule is CP(=O)(OOC(=O)CCCC[C@H]1SC[C@H]2NC(=O)N(c3ccc([N+](=O)[O-])cc3)[C@H]21)Oc1ccccc1. The van der Waals surface area contributed by atoms with Crippen LogP contribution in [0.15, 0.2) is 54.6 Å². The Bertz CT molecular complexity index is 1150. The fourth-order valence-corrected chi connectivity index (χ4v) is 6.58. The molecular formula is C23H26N3O8PS. The van der Waals surface area contributed by atoms with Gasteiger partial charge in [-0.05, 0) is 37.1 Å². The zero-order chi connectivity index (χ0) is 25.7. The third-order valence-corrected chi connectivity index (χ3v) is 8.23. The molecule has 2 amide bonds. The molecular weight excluding hydrogens is 509 g/mol. The van der Waals surface area contributed by atoms with E-state index >= 15 is 0 Å². The summed E-state index contributed by atoms with van der Waals surface area (Å²) in [6.45, 7) is 1.22. The Kier molecular flexibility index (Phi) is 8.17. The van der Waals surface area contributed by atoms with Crippen LogP contribution in [-0.4, -0.2) is 46.7 Å². The van der Waals surface area contributed by atoms with Crippen molar-refractivity contribution in [1.82, 2.24) is 5.32 Å². The van der Waals surface area contributed by atoms with Gasteiger partial charge in [0.15, 0.2) is 0 Å². The summed E-state index contributed by atoms with van der Waals surface area (Å²) < 4.78 is 22.3. The van der Waals surface area contributed by atoms with Gasteiger partial charge >= 0.3 is 19.6 Å². The average molecular weight is 536 g/mol. The van der Waals surface area contributed by atoms with Crippen LogP contribution in [0, 0.1) is 10.1 Å². The van der Waals surface area contributed by atoms with Crippen molar-refractivity contribution in [2.75, 3.05) is 17.3 Å². The Morgan fingerprint density at radius 2 is 1.92 bits per heavy atom. The molecule has 2 aromatic rings. The number of urea groups is 1. The minimum atomic E-state index is -3.62. The number of unbranched alkanes of at least 4 members (excludes halogenated alkanes) is 1. The highest BCUT2D eigenvalue weighted by Crippen LogP contribution is 2.44. The molecule has 2 aliphatic heterocycles. The maximum Gasteiger partial charge on any atom is 0.413 e. The van der Waals surface area contributed by atoms with Gasteiger partial charge in [-0.2, -0.15) is 11.8 Å². The van der Waals surface area contributed by atoms with Crippen molar-refractivity contribution in [2.24, 2.45) is 0 Å². The van der Waals surface area contributed by atoms with E-state index in [-0.39, 0.29) is 35.5 Å². The lowest BCUT2D eigenvalue weighted by molar-refractivity contribution is -0.384. The maximum atomic E-state index is 12.6. The number of carbonyl (C=O) groups excluding carboxylic acids is 2. The Labute approximate surface area is 212 Å². The van der Waals surface area contributed by atoms with E-state index in [0.717, 1.165) is 12.2 Å². The first kappa shape index (κ1) is 26.0. The summed E-state index contributed by atoms with van der Waals surface area (Å²) in [7, 11) is -3.62. The molecule has 4 rings (SSSR count). The van der Waals surface area contributed by atoms with Crippen molar-refractivity contribution in [2.45, 2.75) is 43.0 Å². The Balaban J connectivity index is 1.23. The fourth-order valence-electron chi connectivity index (χ4n) is 4.25. The number of rotatable bonds is 11. The van der Waals surface area contributed by atoms with E-state index < -0.39 is 18.5 Å². The number of hydrogen-bond acceptors (Lipinski definition) is 9. The molecule has 4 atom stereocenters. The first-order valence-corrected chi connectivity index (χ1v) is 14.4. The summed E-state index contributed by atoms with van der Waals surface area (Å²) in [5, 5.41) is 14.1. The van der Waals surface area contributed by atoms with Crippen molar-refractivity contribution in [1.29, 1.82) is 0 Å². The number of carbonyl (C=O) groups is 2.